The molecule has 0 saturated heterocycles. The van der Waals surface area contributed by atoms with E-state index in [4.69, 9.17) is 11.3 Å². The predicted molar refractivity (Wildman–Crippen MR) is 136 cm³/mol. The van der Waals surface area contributed by atoms with Crippen LogP contribution in [0.1, 0.15) is 10.4 Å². The number of benzene rings is 3. The van der Waals surface area contributed by atoms with Crippen molar-refractivity contribution in [3.05, 3.63) is 96.2 Å². The fourth-order valence-electron chi connectivity index (χ4n) is 3.68. The number of anilines is 1. The van der Waals surface area contributed by atoms with Gasteiger partial charge in [0.25, 0.3) is 17.5 Å². The van der Waals surface area contributed by atoms with Gasteiger partial charge >= 0.3 is 0 Å². The van der Waals surface area contributed by atoms with Gasteiger partial charge in [0.15, 0.2) is 11.6 Å². The van der Waals surface area contributed by atoms with Crippen LogP contribution in [0.25, 0.3) is 21.6 Å². The molecular formula is C26H18N8O3. The first-order chi connectivity index (χ1) is 18.1. The van der Waals surface area contributed by atoms with Crippen LogP contribution in [0.2, 0.25) is 0 Å². The number of methoxy groups -OCH3 is 1. The Morgan fingerprint density at radius 1 is 1.08 bits per heavy atom. The predicted octanol–water partition coefficient (Wildman–Crippen LogP) is 5.75. The number of azo groups is 1. The van der Waals surface area contributed by atoms with Gasteiger partial charge in [-0.15, -0.1) is 10.2 Å². The number of hydrogen-bond donors (Lipinski definition) is 2. The number of carbonyl (C=O) groups excluding carboxylic acids is 1. The molecule has 0 aliphatic rings. The van der Waals surface area contributed by atoms with E-state index < -0.39 is 5.91 Å². The smallest absolute Gasteiger partial charge is 0.259 e. The lowest BCUT2D eigenvalue weighted by atomic mass is 10.0. The molecule has 0 spiro atoms. The third-order valence-corrected chi connectivity index (χ3v) is 5.43. The first kappa shape index (κ1) is 23.1. The van der Waals surface area contributed by atoms with E-state index in [0.717, 1.165) is 0 Å². The van der Waals surface area contributed by atoms with Crippen molar-refractivity contribution in [2.24, 2.45) is 10.2 Å². The van der Waals surface area contributed by atoms with Gasteiger partial charge in [0, 0.05) is 17.8 Å². The number of para-hydroxylation sites is 2. The molecule has 0 saturated carbocycles. The largest absolute Gasteiger partial charge is 0.505 e. The number of amides is 1. The lowest BCUT2D eigenvalue weighted by molar-refractivity contribution is 0.102. The number of fused-ring (bicyclic) bond motifs is 1. The third-order valence-electron chi connectivity index (χ3n) is 5.43. The van der Waals surface area contributed by atoms with E-state index in [1.165, 1.54) is 30.4 Å². The number of hydrogen-bond acceptors (Lipinski definition) is 8. The zero-order valence-electron chi connectivity index (χ0n) is 19.4. The van der Waals surface area contributed by atoms with E-state index in [9.17, 15) is 9.90 Å². The molecule has 1 amide bonds. The number of phenols is 1. The Hall–Kier alpha value is -5.63. The molecule has 11 heteroatoms. The normalized spacial score (nSPS) is 10.9. The monoisotopic (exact) mass is 490 g/mol. The van der Waals surface area contributed by atoms with Gasteiger partial charge in [-0.2, -0.15) is 9.78 Å². The van der Waals surface area contributed by atoms with Crippen molar-refractivity contribution in [1.29, 1.82) is 0 Å². The molecule has 0 unspecified atom stereocenters. The zero-order valence-corrected chi connectivity index (χ0v) is 19.4. The number of carbonyl (C=O) groups is 1. The average Bonchev–Trinajstić information content (AvgIpc) is 3.36. The van der Waals surface area contributed by atoms with Crippen LogP contribution in [0.15, 0.2) is 89.5 Å². The summed E-state index contributed by atoms with van der Waals surface area (Å²) >= 11 is 0. The fourth-order valence-corrected chi connectivity index (χ4v) is 3.68. The molecule has 2 aromatic heterocycles. The van der Waals surface area contributed by atoms with Gasteiger partial charge in [0.05, 0.1) is 31.1 Å². The topological polar surface area (TPSA) is 131 Å². The van der Waals surface area contributed by atoms with Crippen LogP contribution in [0.3, 0.4) is 0 Å². The number of nitrogens with zero attached hydrogens (tertiary/aromatic N) is 7. The molecule has 3 aromatic carbocycles. The first-order valence-corrected chi connectivity index (χ1v) is 10.9. The lowest BCUT2D eigenvalue weighted by Gasteiger charge is -2.13. The van der Waals surface area contributed by atoms with Gasteiger partial charge < -0.3 is 15.2 Å². The first-order valence-electron chi connectivity index (χ1n) is 10.9. The number of nitrogens with one attached hydrogen (secondary N) is 1. The summed E-state index contributed by atoms with van der Waals surface area (Å²) in [7, 11) is 1.50. The Labute approximate surface area is 210 Å². The number of aromatic nitrogens is 4. The van der Waals surface area contributed by atoms with E-state index in [2.05, 4.69) is 35.5 Å². The Balaban J connectivity index is 1.61. The second kappa shape index (κ2) is 9.93. The molecule has 0 fully saturated rings. The molecule has 0 bridgehead atoms. The second-order valence-electron chi connectivity index (χ2n) is 7.62. The highest BCUT2D eigenvalue weighted by atomic mass is 16.5. The average molecular weight is 490 g/mol. The summed E-state index contributed by atoms with van der Waals surface area (Å²) in [6, 6.07) is 17.3. The molecule has 180 valence electrons. The quantitative estimate of drug-likeness (QED) is 0.230. The minimum atomic E-state index is -0.561. The van der Waals surface area contributed by atoms with Crippen LogP contribution in [-0.4, -0.2) is 37.9 Å². The van der Waals surface area contributed by atoms with Crippen LogP contribution >= 0.6 is 0 Å². The third kappa shape index (κ3) is 4.42. The maximum absolute atomic E-state index is 13.2. The number of rotatable bonds is 6. The fraction of sp³-hybridized carbons (Fsp3) is 0.0385. The van der Waals surface area contributed by atoms with Gasteiger partial charge in [-0.25, -0.2) is 14.8 Å². The Morgan fingerprint density at radius 2 is 1.84 bits per heavy atom. The number of ether oxygens (including phenoxy) is 1. The highest BCUT2D eigenvalue weighted by Crippen LogP contribution is 2.41. The Bertz CT molecular complexity index is 1690. The summed E-state index contributed by atoms with van der Waals surface area (Å²) in [4.78, 5) is 24.9. The molecule has 0 aliphatic carbocycles. The SMILES string of the molecule is [C-]#[N+]c1cnn(-c2ncccn2)c1/N=N/c1c(O)c(C(=O)Nc2ccccc2OC)cc2ccccc12. The molecule has 5 aromatic rings. The summed E-state index contributed by atoms with van der Waals surface area (Å²) in [5.74, 6) is -0.187. The van der Waals surface area contributed by atoms with Crippen molar-refractivity contribution >= 4 is 39.6 Å². The minimum absolute atomic E-state index is 0.0103. The summed E-state index contributed by atoms with van der Waals surface area (Å²) in [5, 5.41) is 27.8. The standard InChI is InChI=1S/C26H18N8O3/c1-27-20-15-30-34(26-28-12-7-13-29-26)24(20)33-32-22-17-9-4-3-8-16(17)14-18(23(22)35)25(36)31-19-10-5-6-11-21(19)37-2/h3-15,35H,2H3,(H,31,36)/b33-32+. The highest BCUT2D eigenvalue weighted by molar-refractivity contribution is 6.12. The molecule has 2 heterocycles. The molecular weight excluding hydrogens is 472 g/mol. The van der Waals surface area contributed by atoms with Crippen molar-refractivity contribution in [3.63, 3.8) is 0 Å². The molecule has 37 heavy (non-hydrogen) atoms. The zero-order chi connectivity index (χ0) is 25.8. The Kier molecular flexibility index (Phi) is 6.21. The van der Waals surface area contributed by atoms with Crippen LogP contribution < -0.4 is 10.1 Å². The van der Waals surface area contributed by atoms with Crippen molar-refractivity contribution in [2.45, 2.75) is 0 Å². The van der Waals surface area contributed by atoms with Gasteiger partial charge in [-0.1, -0.05) is 36.4 Å². The van der Waals surface area contributed by atoms with Crippen molar-refractivity contribution in [2.75, 3.05) is 12.4 Å². The van der Waals surface area contributed by atoms with E-state index in [1.54, 1.807) is 60.7 Å². The molecule has 0 aliphatic heterocycles. The van der Waals surface area contributed by atoms with E-state index in [-0.39, 0.29) is 34.5 Å². The van der Waals surface area contributed by atoms with Crippen molar-refractivity contribution in [3.8, 4) is 17.4 Å². The van der Waals surface area contributed by atoms with Gasteiger partial charge in [-0.3, -0.25) is 4.79 Å². The van der Waals surface area contributed by atoms with Crippen molar-refractivity contribution in [1.82, 2.24) is 19.7 Å². The van der Waals surface area contributed by atoms with E-state index in [0.29, 0.717) is 22.2 Å². The second-order valence-corrected chi connectivity index (χ2v) is 7.62. The van der Waals surface area contributed by atoms with Gasteiger partial charge in [-0.05, 0) is 29.7 Å². The van der Waals surface area contributed by atoms with Crippen LogP contribution in [0, 0.1) is 6.57 Å². The summed E-state index contributed by atoms with van der Waals surface area (Å²) in [6.07, 6.45) is 4.39. The van der Waals surface area contributed by atoms with Gasteiger partial charge in [0.2, 0.25) is 0 Å². The lowest BCUT2D eigenvalue weighted by Crippen LogP contribution is -2.13. The van der Waals surface area contributed by atoms with Crippen LogP contribution in [-0.2, 0) is 0 Å². The maximum Gasteiger partial charge on any atom is 0.259 e. The van der Waals surface area contributed by atoms with E-state index >= 15 is 0 Å². The summed E-state index contributed by atoms with van der Waals surface area (Å²) < 4.78 is 6.57. The summed E-state index contributed by atoms with van der Waals surface area (Å²) in [6.45, 7) is 7.46. The molecule has 11 nitrogen and oxygen atoms in total. The van der Waals surface area contributed by atoms with Gasteiger partial charge in [0.1, 0.15) is 11.4 Å². The molecule has 0 radical (unpaired) electrons. The van der Waals surface area contributed by atoms with Crippen molar-refractivity contribution < 1.29 is 14.6 Å². The minimum Gasteiger partial charge on any atom is -0.505 e. The highest BCUT2D eigenvalue weighted by Gasteiger charge is 2.20. The van der Waals surface area contributed by atoms with Crippen LogP contribution in [0.4, 0.5) is 22.9 Å². The summed E-state index contributed by atoms with van der Waals surface area (Å²) in [5.41, 5.74) is 0.606. The molecule has 5 rings (SSSR count). The number of aromatic hydroxyl groups is 1. The molecule has 0 atom stereocenters. The number of phenolic OH excluding ortho intramolecular Hbond substituents is 1. The van der Waals surface area contributed by atoms with E-state index in [1.807, 2.05) is 0 Å². The molecule has 2 N–H and O–H groups in total. The Morgan fingerprint density at radius 3 is 2.62 bits per heavy atom. The van der Waals surface area contributed by atoms with Crippen LogP contribution in [0.5, 0.6) is 11.5 Å². The maximum atomic E-state index is 13.2.